The Kier molecular flexibility index (Phi) is 3.90. The molecule has 0 amide bonds. The summed E-state index contributed by atoms with van der Waals surface area (Å²) in [5.41, 5.74) is 2.10. The van der Waals surface area contributed by atoms with E-state index < -0.39 is 6.04 Å². The minimum atomic E-state index is -0.512. The first kappa shape index (κ1) is 16.2. The lowest BCUT2D eigenvalue weighted by Gasteiger charge is -2.25. The van der Waals surface area contributed by atoms with Crippen LogP contribution in [-0.2, 0) is 4.79 Å². The fourth-order valence-electron chi connectivity index (χ4n) is 3.38. The molecular formula is C17H18N4O5. The molecule has 2 aromatic rings. The Labute approximate surface area is 148 Å². The van der Waals surface area contributed by atoms with Gasteiger partial charge in [0.1, 0.15) is 0 Å². The highest BCUT2D eigenvalue weighted by molar-refractivity contribution is 6.00. The molecule has 1 atom stereocenters. The highest BCUT2D eigenvalue weighted by Gasteiger charge is 2.34. The van der Waals surface area contributed by atoms with E-state index in [-0.39, 0.29) is 23.0 Å². The van der Waals surface area contributed by atoms with E-state index >= 15 is 0 Å². The summed E-state index contributed by atoms with van der Waals surface area (Å²) < 4.78 is 15.3. The second-order valence-electron chi connectivity index (χ2n) is 6.11. The summed E-state index contributed by atoms with van der Waals surface area (Å²) in [6, 6.07) is 2.82. The lowest BCUT2D eigenvalue weighted by atomic mass is 9.86. The van der Waals surface area contributed by atoms with Gasteiger partial charge >= 0.3 is 0 Å². The van der Waals surface area contributed by atoms with Crippen LogP contribution in [0.4, 0.5) is 11.6 Å². The van der Waals surface area contributed by atoms with Crippen LogP contribution < -0.4 is 20.1 Å². The fraction of sp³-hybridized carbons (Fsp3) is 0.353. The molecule has 1 aliphatic carbocycles. The average molecular weight is 358 g/mol. The van der Waals surface area contributed by atoms with Crippen molar-refractivity contribution < 1.29 is 24.0 Å². The summed E-state index contributed by atoms with van der Waals surface area (Å²) in [5, 5.41) is 24.3. The van der Waals surface area contributed by atoms with Crippen LogP contribution in [0.1, 0.15) is 30.9 Å². The molecule has 2 heterocycles. The van der Waals surface area contributed by atoms with Crippen LogP contribution in [0.2, 0.25) is 0 Å². The molecule has 0 saturated carbocycles. The first-order valence-electron chi connectivity index (χ1n) is 8.19. The van der Waals surface area contributed by atoms with Gasteiger partial charge in [0, 0.05) is 17.7 Å². The summed E-state index contributed by atoms with van der Waals surface area (Å²) in [7, 11) is 2.91. The van der Waals surface area contributed by atoms with E-state index in [1.165, 1.54) is 14.2 Å². The Bertz CT molecular complexity index is 879. The molecule has 2 aliphatic rings. The number of nitrogens with zero attached hydrogens (tertiary/aromatic N) is 2. The molecule has 1 aromatic heterocycles. The van der Waals surface area contributed by atoms with Crippen LogP contribution in [0.5, 0.6) is 17.2 Å². The van der Waals surface area contributed by atoms with Gasteiger partial charge in [0.2, 0.25) is 17.4 Å². The van der Waals surface area contributed by atoms with Crippen molar-refractivity contribution in [1.82, 2.24) is 10.3 Å². The molecule has 0 unspecified atom stereocenters. The fourth-order valence-corrected chi connectivity index (χ4v) is 3.38. The number of allylic oxidation sites excluding steroid dienone is 1. The Morgan fingerprint density at radius 1 is 1.15 bits per heavy atom. The molecule has 0 fully saturated rings. The number of benzene rings is 1. The van der Waals surface area contributed by atoms with Gasteiger partial charge in [0.15, 0.2) is 17.3 Å². The maximum Gasteiger partial charge on any atom is 0.219 e. The van der Waals surface area contributed by atoms with Crippen molar-refractivity contribution in [2.45, 2.75) is 25.3 Å². The number of hydrogen-bond acceptors (Lipinski definition) is 9. The molecule has 3 N–H and O–H groups in total. The molecule has 1 aliphatic heterocycles. The third-order valence-electron chi connectivity index (χ3n) is 4.62. The molecule has 9 nitrogen and oxygen atoms in total. The number of phenols is 1. The third-order valence-corrected chi connectivity index (χ3v) is 4.62. The summed E-state index contributed by atoms with van der Waals surface area (Å²) >= 11 is 0. The van der Waals surface area contributed by atoms with Gasteiger partial charge in [-0.05, 0) is 40.9 Å². The molecule has 0 spiro atoms. The monoisotopic (exact) mass is 358 g/mol. The van der Waals surface area contributed by atoms with Gasteiger partial charge in [-0.1, -0.05) is 0 Å². The number of anilines is 2. The number of ketones is 1. The topological polar surface area (TPSA) is 119 Å². The highest BCUT2D eigenvalue weighted by atomic mass is 16.6. The minimum Gasteiger partial charge on any atom is -0.502 e. The molecule has 136 valence electrons. The molecule has 0 saturated heterocycles. The molecule has 26 heavy (non-hydrogen) atoms. The summed E-state index contributed by atoms with van der Waals surface area (Å²) in [4.78, 5) is 12.7. The highest BCUT2D eigenvalue weighted by Crippen LogP contribution is 2.44. The predicted octanol–water partition coefficient (Wildman–Crippen LogP) is 2.38. The Morgan fingerprint density at radius 3 is 2.54 bits per heavy atom. The summed E-state index contributed by atoms with van der Waals surface area (Å²) in [6.07, 6.45) is 1.96. The Hall–Kier alpha value is -3.23. The van der Waals surface area contributed by atoms with Crippen molar-refractivity contribution in [3.63, 3.8) is 0 Å². The number of hydrogen-bond donors (Lipinski definition) is 3. The maximum atomic E-state index is 12.7. The molecular weight excluding hydrogens is 340 g/mol. The SMILES string of the molecule is COc1cc([C@H]2Nc3nonc3NC3=C2C(=O)CCC3)cc(OC)c1O. The molecule has 0 bridgehead atoms. The van der Waals surface area contributed by atoms with Crippen LogP contribution in [0.25, 0.3) is 0 Å². The summed E-state index contributed by atoms with van der Waals surface area (Å²) in [6.45, 7) is 0. The van der Waals surface area contributed by atoms with E-state index in [0.717, 1.165) is 18.5 Å². The summed E-state index contributed by atoms with van der Waals surface area (Å²) in [5.74, 6) is 1.29. The maximum absolute atomic E-state index is 12.7. The van der Waals surface area contributed by atoms with Gasteiger partial charge in [-0.25, -0.2) is 4.63 Å². The van der Waals surface area contributed by atoms with Crippen molar-refractivity contribution in [3.05, 3.63) is 29.0 Å². The van der Waals surface area contributed by atoms with Crippen LogP contribution in [-0.4, -0.2) is 35.4 Å². The first-order valence-corrected chi connectivity index (χ1v) is 8.19. The van der Waals surface area contributed by atoms with Gasteiger partial charge in [-0.3, -0.25) is 4.79 Å². The lowest BCUT2D eigenvalue weighted by Crippen LogP contribution is -2.23. The number of ether oxygens (including phenoxy) is 2. The number of methoxy groups -OCH3 is 2. The zero-order chi connectivity index (χ0) is 18.3. The van der Waals surface area contributed by atoms with Crippen molar-refractivity contribution >= 4 is 17.4 Å². The first-order chi connectivity index (χ1) is 12.6. The lowest BCUT2D eigenvalue weighted by molar-refractivity contribution is -0.116. The number of phenolic OH excluding ortho intramolecular Hbond substituents is 1. The normalized spacial score (nSPS) is 19.0. The Morgan fingerprint density at radius 2 is 1.85 bits per heavy atom. The van der Waals surface area contributed by atoms with Crippen LogP contribution >= 0.6 is 0 Å². The smallest absolute Gasteiger partial charge is 0.219 e. The van der Waals surface area contributed by atoms with Gasteiger partial charge in [-0.2, -0.15) is 0 Å². The van der Waals surface area contributed by atoms with Gasteiger partial charge in [0.05, 0.1) is 20.3 Å². The van der Waals surface area contributed by atoms with E-state index in [1.54, 1.807) is 12.1 Å². The van der Waals surface area contributed by atoms with E-state index in [4.69, 9.17) is 14.1 Å². The largest absolute Gasteiger partial charge is 0.502 e. The standard InChI is InChI=1S/C17H18N4O5/c1-24-11-6-8(7-12(25-2)15(11)23)14-13-9(4-3-5-10(13)22)18-16-17(19-14)21-26-20-16/h6-7,14,23H,3-5H2,1-2H3,(H,18,20)(H,19,21)/t14-/m1/s1. The number of carbonyl (C=O) groups excluding carboxylic acids is 1. The van der Waals surface area contributed by atoms with Crippen molar-refractivity contribution in [3.8, 4) is 17.2 Å². The second kappa shape index (κ2) is 6.25. The molecule has 9 heteroatoms. The van der Waals surface area contributed by atoms with E-state index in [2.05, 4.69) is 20.9 Å². The number of aromatic nitrogens is 2. The van der Waals surface area contributed by atoms with E-state index in [1.807, 2.05) is 0 Å². The van der Waals surface area contributed by atoms with Gasteiger partial charge in [0.25, 0.3) is 0 Å². The number of Topliss-reactive ketones (excluding diaryl/α,β-unsaturated/α-hetero) is 1. The number of rotatable bonds is 3. The molecule has 0 radical (unpaired) electrons. The minimum absolute atomic E-state index is 0.0457. The van der Waals surface area contributed by atoms with Gasteiger partial charge in [-0.15, -0.1) is 0 Å². The molecule has 4 rings (SSSR count). The number of fused-ring (bicyclic) bond motifs is 1. The predicted molar refractivity (Wildman–Crippen MR) is 91.4 cm³/mol. The third kappa shape index (κ3) is 2.52. The number of nitrogens with one attached hydrogen (secondary N) is 2. The van der Waals surface area contributed by atoms with Crippen molar-refractivity contribution in [2.75, 3.05) is 24.9 Å². The van der Waals surface area contributed by atoms with Crippen LogP contribution in [0.3, 0.4) is 0 Å². The van der Waals surface area contributed by atoms with E-state index in [0.29, 0.717) is 29.2 Å². The quantitative estimate of drug-likeness (QED) is 0.759. The van der Waals surface area contributed by atoms with Crippen molar-refractivity contribution in [1.29, 1.82) is 0 Å². The van der Waals surface area contributed by atoms with Crippen molar-refractivity contribution in [2.24, 2.45) is 0 Å². The Balaban J connectivity index is 1.89. The van der Waals surface area contributed by atoms with Crippen LogP contribution in [0.15, 0.2) is 28.0 Å². The zero-order valence-electron chi connectivity index (χ0n) is 14.3. The second-order valence-corrected chi connectivity index (χ2v) is 6.11. The number of aromatic hydroxyl groups is 1. The average Bonchev–Trinajstić information content (AvgIpc) is 3.01. The molecule has 1 aromatic carbocycles. The number of carbonyl (C=O) groups is 1. The van der Waals surface area contributed by atoms with E-state index in [9.17, 15) is 9.90 Å². The van der Waals surface area contributed by atoms with Gasteiger partial charge < -0.3 is 25.2 Å². The zero-order valence-corrected chi connectivity index (χ0v) is 14.3. The van der Waals surface area contributed by atoms with Crippen LogP contribution in [0, 0.1) is 0 Å².